The predicted molar refractivity (Wildman–Crippen MR) is 155 cm³/mol. The molecule has 0 radical (unpaired) electrons. The zero-order valence-corrected chi connectivity index (χ0v) is 23.1. The molecule has 0 aliphatic rings. The van der Waals surface area contributed by atoms with Crippen molar-refractivity contribution < 1.29 is 19.1 Å². The Balaban J connectivity index is 0.000000353. The number of carbonyl (C=O) groups excluding carboxylic acids is 2. The summed E-state index contributed by atoms with van der Waals surface area (Å²) in [5, 5.41) is 15.3. The minimum Gasteiger partial charge on any atom is -0.460 e. The van der Waals surface area contributed by atoms with E-state index < -0.39 is 0 Å². The van der Waals surface area contributed by atoms with E-state index in [-0.39, 0.29) is 31.0 Å². The highest BCUT2D eigenvalue weighted by molar-refractivity contribution is 6.34. The third kappa shape index (κ3) is 8.82. The number of benzene rings is 3. The molecule has 0 aliphatic heterocycles. The molecule has 1 heterocycles. The van der Waals surface area contributed by atoms with Crippen LogP contribution in [0, 0.1) is 13.8 Å². The molecule has 4 rings (SSSR count). The molecule has 8 heteroatoms. The molecule has 204 valence electrons. The van der Waals surface area contributed by atoms with Gasteiger partial charge < -0.3 is 25.9 Å². The molecule has 1 atom stereocenters. The molecule has 0 saturated heterocycles. The molecule has 0 aliphatic carbocycles. The van der Waals surface area contributed by atoms with Gasteiger partial charge in [-0.3, -0.25) is 9.59 Å². The molecule has 5 N–H and O–H groups in total. The van der Waals surface area contributed by atoms with Crippen LogP contribution in [-0.2, 0) is 6.54 Å². The number of aliphatic hydroxyl groups is 1. The Bertz CT molecular complexity index is 1380. The van der Waals surface area contributed by atoms with Crippen LogP contribution < -0.4 is 16.4 Å². The standard InChI is InChI=1S/C23H25ClN2O3.C8H9NO/c1-15-3-5-17(6-4-15)16(2)26-14-19-8-10-22(29-19)18-7-9-21(24)20(13-18)23(28)25-11-12-27;1-6-2-4-7(5-3-6)8(9)10/h3-10,13,16,26-27H,11-12,14H2,1-2H3,(H,25,28);2-5H,1H3,(H2,9,10). The number of rotatable bonds is 9. The molecule has 2 amide bonds. The van der Waals surface area contributed by atoms with E-state index in [2.05, 4.69) is 48.7 Å². The van der Waals surface area contributed by atoms with Crippen molar-refractivity contribution in [2.45, 2.75) is 33.4 Å². The number of amides is 2. The van der Waals surface area contributed by atoms with Crippen LogP contribution in [0.25, 0.3) is 11.3 Å². The van der Waals surface area contributed by atoms with Crippen molar-refractivity contribution in [1.82, 2.24) is 10.6 Å². The summed E-state index contributed by atoms with van der Waals surface area (Å²) in [4.78, 5) is 22.7. The van der Waals surface area contributed by atoms with E-state index in [1.807, 2.05) is 37.3 Å². The first-order chi connectivity index (χ1) is 18.7. The Morgan fingerprint density at radius 3 is 2.21 bits per heavy atom. The lowest BCUT2D eigenvalue weighted by Gasteiger charge is -2.13. The number of nitrogens with one attached hydrogen (secondary N) is 2. The molecular formula is C31H34ClN3O4. The molecular weight excluding hydrogens is 514 g/mol. The maximum Gasteiger partial charge on any atom is 0.252 e. The van der Waals surface area contributed by atoms with Gasteiger partial charge in [0.1, 0.15) is 11.5 Å². The Labute approximate surface area is 234 Å². The van der Waals surface area contributed by atoms with Crippen LogP contribution in [-0.4, -0.2) is 30.1 Å². The topological polar surface area (TPSA) is 118 Å². The number of primary amides is 1. The first kappa shape index (κ1) is 29.6. The van der Waals surface area contributed by atoms with Gasteiger partial charge in [0.2, 0.25) is 5.91 Å². The first-order valence-corrected chi connectivity index (χ1v) is 13.0. The molecule has 3 aromatic carbocycles. The number of furan rings is 1. The summed E-state index contributed by atoms with van der Waals surface area (Å²) in [5.41, 5.74) is 10.3. The van der Waals surface area contributed by atoms with Crippen LogP contribution in [0.2, 0.25) is 5.02 Å². The normalized spacial score (nSPS) is 11.3. The summed E-state index contributed by atoms with van der Waals surface area (Å²) >= 11 is 6.15. The zero-order valence-electron chi connectivity index (χ0n) is 22.3. The molecule has 0 saturated carbocycles. The van der Waals surface area contributed by atoms with E-state index in [0.29, 0.717) is 28.5 Å². The monoisotopic (exact) mass is 547 g/mol. The summed E-state index contributed by atoms with van der Waals surface area (Å²) in [5.74, 6) is 0.768. The molecule has 7 nitrogen and oxygen atoms in total. The zero-order chi connectivity index (χ0) is 28.4. The van der Waals surface area contributed by atoms with Gasteiger partial charge in [0.25, 0.3) is 5.91 Å². The number of aliphatic hydroxyl groups excluding tert-OH is 1. The number of carbonyl (C=O) groups is 2. The highest BCUT2D eigenvalue weighted by atomic mass is 35.5. The summed E-state index contributed by atoms with van der Waals surface area (Å²) in [6.07, 6.45) is 0. The Morgan fingerprint density at radius 2 is 1.59 bits per heavy atom. The summed E-state index contributed by atoms with van der Waals surface area (Å²) in [7, 11) is 0. The fourth-order valence-electron chi connectivity index (χ4n) is 3.69. The second kappa shape index (κ2) is 14.3. The third-order valence-electron chi connectivity index (χ3n) is 6.05. The number of hydrogen-bond donors (Lipinski definition) is 4. The van der Waals surface area contributed by atoms with Crippen molar-refractivity contribution in [2.75, 3.05) is 13.2 Å². The molecule has 0 spiro atoms. The number of hydrogen-bond acceptors (Lipinski definition) is 5. The van der Waals surface area contributed by atoms with Crippen molar-refractivity contribution in [3.8, 4) is 11.3 Å². The van der Waals surface area contributed by atoms with Crippen molar-refractivity contribution in [1.29, 1.82) is 0 Å². The van der Waals surface area contributed by atoms with Gasteiger partial charge in [0.05, 0.1) is 23.7 Å². The SMILES string of the molecule is Cc1ccc(C(C)NCc2ccc(-c3ccc(Cl)c(C(=O)NCCO)c3)o2)cc1.Cc1ccc(C(N)=O)cc1. The van der Waals surface area contributed by atoms with Gasteiger partial charge in [-0.05, 0) is 68.8 Å². The van der Waals surface area contributed by atoms with Gasteiger partial charge in [-0.25, -0.2) is 0 Å². The van der Waals surface area contributed by atoms with Crippen molar-refractivity contribution in [3.63, 3.8) is 0 Å². The quantitative estimate of drug-likeness (QED) is 0.218. The lowest BCUT2D eigenvalue weighted by molar-refractivity contribution is 0.0944. The molecule has 1 unspecified atom stereocenters. The minimum absolute atomic E-state index is 0.126. The maximum atomic E-state index is 12.2. The van der Waals surface area contributed by atoms with E-state index in [1.165, 1.54) is 11.1 Å². The second-order valence-corrected chi connectivity index (χ2v) is 9.59. The van der Waals surface area contributed by atoms with Crippen molar-refractivity contribution in [2.24, 2.45) is 5.73 Å². The highest BCUT2D eigenvalue weighted by Gasteiger charge is 2.14. The smallest absolute Gasteiger partial charge is 0.252 e. The second-order valence-electron chi connectivity index (χ2n) is 9.18. The van der Waals surface area contributed by atoms with Gasteiger partial charge in [-0.15, -0.1) is 0 Å². The number of halogens is 1. The van der Waals surface area contributed by atoms with Gasteiger partial charge in [-0.1, -0.05) is 59.1 Å². The number of nitrogens with two attached hydrogens (primary N) is 1. The fraction of sp³-hybridized carbons (Fsp3) is 0.226. The van der Waals surface area contributed by atoms with E-state index in [0.717, 1.165) is 16.9 Å². The summed E-state index contributed by atoms with van der Waals surface area (Å²) < 4.78 is 5.95. The largest absolute Gasteiger partial charge is 0.460 e. The van der Waals surface area contributed by atoms with Gasteiger partial charge in [0.15, 0.2) is 0 Å². The average Bonchev–Trinajstić information content (AvgIpc) is 3.41. The van der Waals surface area contributed by atoms with Crippen LogP contribution in [0.4, 0.5) is 0 Å². The molecule has 1 aromatic heterocycles. The van der Waals surface area contributed by atoms with Crippen LogP contribution in [0.5, 0.6) is 0 Å². The van der Waals surface area contributed by atoms with Crippen LogP contribution in [0.15, 0.2) is 83.3 Å². The Morgan fingerprint density at radius 1 is 0.949 bits per heavy atom. The van der Waals surface area contributed by atoms with E-state index in [1.54, 1.807) is 24.3 Å². The first-order valence-electron chi connectivity index (χ1n) is 12.6. The summed E-state index contributed by atoms with van der Waals surface area (Å²) in [6, 6.07) is 24.8. The number of aryl methyl sites for hydroxylation is 2. The van der Waals surface area contributed by atoms with Crippen LogP contribution in [0.1, 0.15) is 56.1 Å². The van der Waals surface area contributed by atoms with Crippen molar-refractivity contribution in [3.05, 3.63) is 117 Å². The highest BCUT2D eigenvalue weighted by Crippen LogP contribution is 2.27. The lowest BCUT2D eigenvalue weighted by Crippen LogP contribution is -2.26. The molecule has 0 bridgehead atoms. The average molecular weight is 548 g/mol. The lowest BCUT2D eigenvalue weighted by atomic mass is 10.1. The van der Waals surface area contributed by atoms with Gasteiger partial charge >= 0.3 is 0 Å². The van der Waals surface area contributed by atoms with Crippen LogP contribution in [0.3, 0.4) is 0 Å². The van der Waals surface area contributed by atoms with E-state index >= 15 is 0 Å². The fourth-order valence-corrected chi connectivity index (χ4v) is 3.89. The minimum atomic E-state index is -0.375. The van der Waals surface area contributed by atoms with Gasteiger partial charge in [0, 0.05) is 23.7 Å². The van der Waals surface area contributed by atoms with Crippen LogP contribution >= 0.6 is 11.6 Å². The summed E-state index contributed by atoms with van der Waals surface area (Å²) in [6.45, 7) is 6.79. The molecule has 39 heavy (non-hydrogen) atoms. The molecule has 0 fully saturated rings. The van der Waals surface area contributed by atoms with Gasteiger partial charge in [-0.2, -0.15) is 0 Å². The predicted octanol–water partition coefficient (Wildman–Crippen LogP) is 5.58. The Kier molecular flexibility index (Phi) is 10.9. The van der Waals surface area contributed by atoms with E-state index in [9.17, 15) is 9.59 Å². The maximum absolute atomic E-state index is 12.2. The van der Waals surface area contributed by atoms with E-state index in [4.69, 9.17) is 26.9 Å². The third-order valence-corrected chi connectivity index (χ3v) is 6.38. The molecule has 4 aromatic rings. The van der Waals surface area contributed by atoms with Crippen molar-refractivity contribution >= 4 is 23.4 Å². The Hall–Kier alpha value is -3.91.